The number of fused-ring (bicyclic) bond motifs is 3. The Kier molecular flexibility index (Phi) is 3.03. The zero-order valence-corrected chi connectivity index (χ0v) is 12.4. The summed E-state index contributed by atoms with van der Waals surface area (Å²) < 4.78 is 4.07. The normalized spacial score (nSPS) is 13.2. The Morgan fingerprint density at radius 2 is 2.16 bits per heavy atom. The third kappa shape index (κ3) is 1.84. The standard InChI is InChI=1S/C14H14N2OS2/c1-3-8(2)16-13(17)12-11(15-14(16)18)9-6-4-5-7-10(9)19-12/h4-8H,3H2,1-2H3,(H,15,18)/t8-/m1/s1. The molecular formula is C14H14N2OS2. The van der Waals surface area contributed by atoms with Crippen molar-refractivity contribution in [3.05, 3.63) is 39.4 Å². The number of rotatable bonds is 2. The molecule has 0 spiro atoms. The van der Waals surface area contributed by atoms with Gasteiger partial charge in [0.25, 0.3) is 5.56 Å². The van der Waals surface area contributed by atoms with Crippen LogP contribution in [0.5, 0.6) is 0 Å². The first kappa shape index (κ1) is 12.6. The lowest BCUT2D eigenvalue weighted by Gasteiger charge is -2.12. The van der Waals surface area contributed by atoms with Crippen molar-refractivity contribution in [2.45, 2.75) is 26.3 Å². The summed E-state index contributed by atoms with van der Waals surface area (Å²) in [6.07, 6.45) is 0.883. The van der Waals surface area contributed by atoms with Gasteiger partial charge in [-0.05, 0) is 31.6 Å². The molecule has 3 nitrogen and oxygen atoms in total. The van der Waals surface area contributed by atoms with Crippen LogP contribution in [0.15, 0.2) is 29.1 Å². The number of thiophene rings is 1. The smallest absolute Gasteiger partial charge is 0.272 e. The Bertz CT molecular complexity index is 872. The second-order valence-electron chi connectivity index (χ2n) is 4.66. The van der Waals surface area contributed by atoms with E-state index in [9.17, 15) is 4.79 Å². The molecular weight excluding hydrogens is 276 g/mol. The van der Waals surface area contributed by atoms with E-state index in [-0.39, 0.29) is 11.6 Å². The van der Waals surface area contributed by atoms with Crippen molar-refractivity contribution < 1.29 is 0 Å². The van der Waals surface area contributed by atoms with Crippen LogP contribution in [0.3, 0.4) is 0 Å². The largest absolute Gasteiger partial charge is 0.330 e. The molecule has 0 fully saturated rings. The van der Waals surface area contributed by atoms with Gasteiger partial charge in [0.15, 0.2) is 4.77 Å². The Labute approximate surface area is 119 Å². The molecule has 1 N–H and O–H groups in total. The third-order valence-electron chi connectivity index (χ3n) is 3.49. The van der Waals surface area contributed by atoms with Gasteiger partial charge in [0.05, 0.1) is 5.52 Å². The van der Waals surface area contributed by atoms with E-state index in [2.05, 4.69) is 11.9 Å². The lowest BCUT2D eigenvalue weighted by atomic mass is 10.2. The van der Waals surface area contributed by atoms with E-state index < -0.39 is 0 Å². The maximum atomic E-state index is 12.6. The van der Waals surface area contributed by atoms with E-state index in [1.807, 2.05) is 31.2 Å². The number of hydrogen-bond donors (Lipinski definition) is 1. The highest BCUT2D eigenvalue weighted by Gasteiger charge is 2.14. The first-order chi connectivity index (χ1) is 9.13. The van der Waals surface area contributed by atoms with Crippen molar-refractivity contribution in [2.24, 2.45) is 0 Å². The fraction of sp³-hybridized carbons (Fsp3) is 0.286. The fourth-order valence-corrected chi connectivity index (χ4v) is 3.73. The molecule has 0 unspecified atom stereocenters. The Hall–Kier alpha value is -1.46. The lowest BCUT2D eigenvalue weighted by molar-refractivity contribution is 0.505. The minimum Gasteiger partial charge on any atom is -0.330 e. The molecule has 0 aliphatic carbocycles. The highest BCUT2D eigenvalue weighted by atomic mass is 32.1. The predicted molar refractivity (Wildman–Crippen MR) is 83.8 cm³/mol. The lowest BCUT2D eigenvalue weighted by Crippen LogP contribution is -2.24. The molecule has 0 aliphatic rings. The quantitative estimate of drug-likeness (QED) is 0.717. The van der Waals surface area contributed by atoms with Gasteiger partial charge >= 0.3 is 0 Å². The molecule has 0 radical (unpaired) electrons. The van der Waals surface area contributed by atoms with Gasteiger partial charge in [-0.15, -0.1) is 11.3 Å². The maximum Gasteiger partial charge on any atom is 0.272 e. The van der Waals surface area contributed by atoms with E-state index in [1.54, 1.807) is 4.57 Å². The van der Waals surface area contributed by atoms with Gasteiger partial charge in [0, 0.05) is 16.1 Å². The first-order valence-corrected chi connectivity index (χ1v) is 7.52. The van der Waals surface area contributed by atoms with Gasteiger partial charge in [0.1, 0.15) is 4.70 Å². The molecule has 2 heterocycles. The maximum absolute atomic E-state index is 12.6. The zero-order valence-electron chi connectivity index (χ0n) is 10.8. The second-order valence-corrected chi connectivity index (χ2v) is 6.10. The van der Waals surface area contributed by atoms with Crippen LogP contribution in [0, 0.1) is 4.77 Å². The van der Waals surface area contributed by atoms with Crippen LogP contribution in [-0.4, -0.2) is 9.55 Å². The van der Waals surface area contributed by atoms with Crippen molar-refractivity contribution in [1.82, 2.24) is 9.55 Å². The SMILES string of the molecule is CC[C@@H](C)n1c(=S)[nH]c2c(sc3ccccc32)c1=O. The fourth-order valence-electron chi connectivity index (χ4n) is 2.27. The van der Waals surface area contributed by atoms with Gasteiger partial charge < -0.3 is 4.98 Å². The average molecular weight is 290 g/mol. The highest BCUT2D eigenvalue weighted by Crippen LogP contribution is 2.30. The second kappa shape index (κ2) is 4.58. The van der Waals surface area contributed by atoms with Crippen molar-refractivity contribution in [3.63, 3.8) is 0 Å². The summed E-state index contributed by atoms with van der Waals surface area (Å²) >= 11 is 6.88. The number of hydrogen-bond acceptors (Lipinski definition) is 3. The number of H-pyrrole nitrogens is 1. The molecule has 0 saturated carbocycles. The molecule has 0 amide bonds. The van der Waals surface area contributed by atoms with Crippen LogP contribution in [-0.2, 0) is 0 Å². The zero-order chi connectivity index (χ0) is 13.6. The number of nitrogens with one attached hydrogen (secondary N) is 1. The van der Waals surface area contributed by atoms with E-state index in [0.29, 0.717) is 4.77 Å². The minimum atomic E-state index is 0.0225. The summed E-state index contributed by atoms with van der Waals surface area (Å²) in [6, 6.07) is 8.13. The number of benzene rings is 1. The molecule has 5 heteroatoms. The number of aromatic amines is 1. The molecule has 1 aromatic carbocycles. The molecule has 1 atom stereocenters. The van der Waals surface area contributed by atoms with Crippen LogP contribution in [0.4, 0.5) is 0 Å². The van der Waals surface area contributed by atoms with Crippen molar-refractivity contribution in [2.75, 3.05) is 0 Å². The highest BCUT2D eigenvalue weighted by molar-refractivity contribution is 7.71. The van der Waals surface area contributed by atoms with Gasteiger partial charge in [-0.1, -0.05) is 25.1 Å². The Balaban J connectivity index is 2.50. The average Bonchev–Trinajstić information content (AvgIpc) is 2.78. The van der Waals surface area contributed by atoms with E-state index in [0.717, 1.165) is 26.7 Å². The Morgan fingerprint density at radius 1 is 1.42 bits per heavy atom. The van der Waals surface area contributed by atoms with Crippen LogP contribution in [0.25, 0.3) is 20.3 Å². The summed E-state index contributed by atoms with van der Waals surface area (Å²) in [7, 11) is 0. The van der Waals surface area contributed by atoms with Gasteiger partial charge in [0.2, 0.25) is 0 Å². The summed E-state index contributed by atoms with van der Waals surface area (Å²) in [5.41, 5.74) is 0.893. The van der Waals surface area contributed by atoms with E-state index in [1.165, 1.54) is 11.3 Å². The third-order valence-corrected chi connectivity index (χ3v) is 4.95. The van der Waals surface area contributed by atoms with E-state index in [4.69, 9.17) is 12.2 Å². The van der Waals surface area contributed by atoms with Crippen molar-refractivity contribution >= 4 is 43.9 Å². The van der Waals surface area contributed by atoms with Crippen LogP contribution in [0.1, 0.15) is 26.3 Å². The number of nitrogens with zero attached hydrogens (tertiary/aromatic N) is 1. The van der Waals surface area contributed by atoms with Crippen LogP contribution < -0.4 is 5.56 Å². The molecule has 0 aliphatic heterocycles. The summed E-state index contributed by atoms with van der Waals surface area (Å²) in [5.74, 6) is 0. The topological polar surface area (TPSA) is 37.8 Å². The van der Waals surface area contributed by atoms with Crippen molar-refractivity contribution in [3.8, 4) is 0 Å². The monoisotopic (exact) mass is 290 g/mol. The molecule has 3 rings (SSSR count). The molecule has 0 bridgehead atoms. The summed E-state index contributed by atoms with van der Waals surface area (Å²) in [5, 5.41) is 1.07. The Morgan fingerprint density at radius 3 is 2.89 bits per heavy atom. The van der Waals surface area contributed by atoms with Crippen molar-refractivity contribution in [1.29, 1.82) is 0 Å². The number of aromatic nitrogens is 2. The molecule has 2 aromatic heterocycles. The van der Waals surface area contributed by atoms with E-state index >= 15 is 0 Å². The molecule has 19 heavy (non-hydrogen) atoms. The van der Waals surface area contributed by atoms with Crippen LogP contribution in [0.2, 0.25) is 0 Å². The predicted octanol–water partition coefficient (Wildman–Crippen LogP) is 4.24. The first-order valence-electron chi connectivity index (χ1n) is 6.29. The molecule has 98 valence electrons. The molecule has 3 aromatic rings. The van der Waals surface area contributed by atoms with Gasteiger partial charge in [-0.25, -0.2) is 0 Å². The van der Waals surface area contributed by atoms with Crippen LogP contribution >= 0.6 is 23.6 Å². The van der Waals surface area contributed by atoms with Gasteiger partial charge in [-0.2, -0.15) is 0 Å². The minimum absolute atomic E-state index is 0.0225. The molecule has 0 saturated heterocycles. The summed E-state index contributed by atoms with van der Waals surface area (Å²) in [6.45, 7) is 4.07. The summed E-state index contributed by atoms with van der Waals surface area (Å²) in [4.78, 5) is 15.8. The van der Waals surface area contributed by atoms with Gasteiger partial charge in [-0.3, -0.25) is 9.36 Å².